The molecule has 4 aromatic rings. The zero-order valence-corrected chi connectivity index (χ0v) is 18.2. The van der Waals surface area contributed by atoms with Crippen LogP contribution in [0, 0.1) is 5.82 Å². The van der Waals surface area contributed by atoms with Gasteiger partial charge in [0.15, 0.2) is 0 Å². The minimum atomic E-state index is -0.249. The summed E-state index contributed by atoms with van der Waals surface area (Å²) in [4.78, 5) is 15.2. The van der Waals surface area contributed by atoms with E-state index in [0.717, 1.165) is 22.5 Å². The van der Waals surface area contributed by atoms with Gasteiger partial charge in [0.2, 0.25) is 0 Å². The summed E-state index contributed by atoms with van der Waals surface area (Å²) in [6, 6.07) is 10.5. The number of aromatic nitrogens is 5. The minimum Gasteiger partial charge on any atom is -0.353 e. The number of hydrogen-bond acceptors (Lipinski definition) is 6. The number of halogens is 2. The molecule has 1 unspecified atom stereocenters. The fraction of sp³-hybridized carbons (Fsp3) is 0.182. The number of rotatable bonds is 6. The second-order valence-corrected chi connectivity index (χ2v) is 7.06. The van der Waals surface area contributed by atoms with E-state index in [-0.39, 0.29) is 24.3 Å². The van der Waals surface area contributed by atoms with Gasteiger partial charge in [-0.25, -0.2) is 14.4 Å². The Kier molecular flexibility index (Phi) is 6.81. The molecule has 0 aliphatic carbocycles. The van der Waals surface area contributed by atoms with E-state index in [0.29, 0.717) is 11.6 Å². The molecule has 3 aromatic heterocycles. The summed E-state index contributed by atoms with van der Waals surface area (Å²) < 4.78 is 15.1. The Hall–Kier alpha value is -3.52. The fourth-order valence-corrected chi connectivity index (χ4v) is 3.16. The topological polar surface area (TPSA) is 71.8 Å². The number of nitrogens with zero attached hydrogens (tertiary/aromatic N) is 6. The molecule has 0 saturated carbocycles. The Morgan fingerprint density at radius 2 is 1.81 bits per heavy atom. The van der Waals surface area contributed by atoms with Crippen LogP contribution < -0.4 is 10.2 Å². The van der Waals surface area contributed by atoms with Crippen LogP contribution in [-0.4, -0.2) is 31.8 Å². The molecule has 7 nitrogen and oxygen atoms in total. The van der Waals surface area contributed by atoms with Gasteiger partial charge in [-0.3, -0.25) is 9.67 Å². The Morgan fingerprint density at radius 1 is 1.03 bits per heavy atom. The monoisotopic (exact) mass is 439 g/mol. The SMILES string of the molecule is CC(c1ccc(F)cc1)N(C)c1cc(-c2cnn(C)c2)cc(Nc2cnccn2)n1.Cl. The predicted octanol–water partition coefficient (Wildman–Crippen LogP) is 4.77. The van der Waals surface area contributed by atoms with E-state index in [9.17, 15) is 4.39 Å². The number of nitrogens with one attached hydrogen (secondary N) is 1. The van der Waals surface area contributed by atoms with Gasteiger partial charge in [-0.15, -0.1) is 12.4 Å². The van der Waals surface area contributed by atoms with Crippen molar-refractivity contribution < 1.29 is 4.39 Å². The van der Waals surface area contributed by atoms with Crippen LogP contribution in [0.2, 0.25) is 0 Å². The Balaban J connectivity index is 0.00000272. The third-order valence-corrected chi connectivity index (χ3v) is 4.96. The normalized spacial score (nSPS) is 11.5. The van der Waals surface area contributed by atoms with Crippen molar-refractivity contribution >= 4 is 29.9 Å². The third kappa shape index (κ3) is 5.16. The first kappa shape index (κ1) is 22.2. The number of aryl methyl sites for hydroxylation is 1. The first-order valence-electron chi connectivity index (χ1n) is 9.52. The van der Waals surface area contributed by atoms with E-state index >= 15 is 0 Å². The summed E-state index contributed by atoms with van der Waals surface area (Å²) in [5.74, 6) is 1.76. The highest BCUT2D eigenvalue weighted by molar-refractivity contribution is 5.85. The molecule has 3 heterocycles. The maximum atomic E-state index is 13.3. The molecule has 31 heavy (non-hydrogen) atoms. The summed E-state index contributed by atoms with van der Waals surface area (Å²) in [6.45, 7) is 2.06. The van der Waals surface area contributed by atoms with Gasteiger partial charge in [0.25, 0.3) is 0 Å². The molecule has 1 atom stereocenters. The van der Waals surface area contributed by atoms with Gasteiger partial charge >= 0.3 is 0 Å². The van der Waals surface area contributed by atoms with Gasteiger partial charge in [-0.1, -0.05) is 12.1 Å². The van der Waals surface area contributed by atoms with Crippen molar-refractivity contribution in [2.45, 2.75) is 13.0 Å². The van der Waals surface area contributed by atoms with Crippen LogP contribution in [0.15, 0.2) is 67.4 Å². The van der Waals surface area contributed by atoms with Crippen molar-refractivity contribution in [2.75, 3.05) is 17.3 Å². The molecule has 0 spiro atoms. The summed E-state index contributed by atoms with van der Waals surface area (Å²) in [5.41, 5.74) is 2.94. The summed E-state index contributed by atoms with van der Waals surface area (Å²) in [7, 11) is 3.85. The molecule has 4 rings (SSSR count). The van der Waals surface area contributed by atoms with Gasteiger partial charge in [-0.05, 0) is 42.3 Å². The smallest absolute Gasteiger partial charge is 0.150 e. The van der Waals surface area contributed by atoms with Gasteiger partial charge < -0.3 is 10.2 Å². The first-order valence-corrected chi connectivity index (χ1v) is 9.52. The molecule has 0 aliphatic heterocycles. The average Bonchev–Trinajstić information content (AvgIpc) is 3.20. The van der Waals surface area contributed by atoms with E-state index < -0.39 is 0 Å². The fourth-order valence-electron chi connectivity index (χ4n) is 3.16. The molecule has 0 amide bonds. The van der Waals surface area contributed by atoms with Crippen molar-refractivity contribution in [1.82, 2.24) is 24.7 Å². The van der Waals surface area contributed by atoms with Crippen LogP contribution in [0.25, 0.3) is 11.1 Å². The number of anilines is 3. The van der Waals surface area contributed by atoms with E-state index in [4.69, 9.17) is 4.98 Å². The molecule has 0 aliphatic rings. The summed E-state index contributed by atoms with van der Waals surface area (Å²) in [6.07, 6.45) is 8.65. The van der Waals surface area contributed by atoms with Crippen LogP contribution in [0.1, 0.15) is 18.5 Å². The lowest BCUT2D eigenvalue weighted by molar-refractivity contribution is 0.625. The zero-order valence-electron chi connectivity index (χ0n) is 17.4. The van der Waals surface area contributed by atoms with E-state index in [1.807, 2.05) is 38.6 Å². The Bertz CT molecular complexity index is 1130. The Labute approximate surface area is 186 Å². The molecule has 0 saturated heterocycles. The van der Waals surface area contributed by atoms with E-state index in [1.54, 1.807) is 35.4 Å². The number of benzene rings is 1. The molecular formula is C22H23ClFN7. The van der Waals surface area contributed by atoms with Crippen molar-refractivity contribution in [3.63, 3.8) is 0 Å². The molecule has 0 radical (unpaired) electrons. The third-order valence-electron chi connectivity index (χ3n) is 4.96. The minimum absolute atomic E-state index is 0. The van der Waals surface area contributed by atoms with Crippen LogP contribution in [0.4, 0.5) is 21.8 Å². The van der Waals surface area contributed by atoms with E-state index in [1.165, 1.54) is 12.1 Å². The van der Waals surface area contributed by atoms with Crippen LogP contribution in [0.5, 0.6) is 0 Å². The second-order valence-electron chi connectivity index (χ2n) is 7.06. The molecule has 0 fully saturated rings. The highest BCUT2D eigenvalue weighted by Gasteiger charge is 2.16. The molecule has 0 bridgehead atoms. The number of pyridine rings is 1. The van der Waals surface area contributed by atoms with Gasteiger partial charge in [0.1, 0.15) is 23.3 Å². The second kappa shape index (κ2) is 9.53. The standard InChI is InChI=1S/C22H22FN7.ClH/c1-15(16-4-6-19(23)7-5-16)30(3)22-11-17(18-12-26-29(2)14-18)10-20(28-22)27-21-13-24-8-9-25-21;/h4-15H,1-3H3,(H,25,27,28);1H. The molecule has 160 valence electrons. The quantitative estimate of drug-likeness (QED) is 0.466. The van der Waals surface area contributed by atoms with Crippen molar-refractivity contribution in [2.24, 2.45) is 7.05 Å². The predicted molar refractivity (Wildman–Crippen MR) is 122 cm³/mol. The van der Waals surface area contributed by atoms with Crippen molar-refractivity contribution in [3.8, 4) is 11.1 Å². The van der Waals surface area contributed by atoms with Crippen LogP contribution >= 0.6 is 12.4 Å². The lowest BCUT2D eigenvalue weighted by atomic mass is 10.1. The average molecular weight is 440 g/mol. The molecule has 1 N–H and O–H groups in total. The van der Waals surface area contributed by atoms with Gasteiger partial charge in [0.05, 0.1) is 18.4 Å². The maximum Gasteiger partial charge on any atom is 0.150 e. The number of hydrogen-bond donors (Lipinski definition) is 1. The Morgan fingerprint density at radius 3 is 2.45 bits per heavy atom. The highest BCUT2D eigenvalue weighted by Crippen LogP contribution is 2.30. The molecule has 1 aromatic carbocycles. The van der Waals surface area contributed by atoms with Gasteiger partial charge in [0, 0.05) is 38.2 Å². The maximum absolute atomic E-state index is 13.3. The lowest BCUT2D eigenvalue weighted by Crippen LogP contribution is -2.23. The first-order chi connectivity index (χ1) is 14.5. The van der Waals surface area contributed by atoms with Gasteiger partial charge in [-0.2, -0.15) is 5.10 Å². The molecular weight excluding hydrogens is 417 g/mol. The highest BCUT2D eigenvalue weighted by atomic mass is 35.5. The van der Waals surface area contributed by atoms with Crippen molar-refractivity contribution in [1.29, 1.82) is 0 Å². The summed E-state index contributed by atoms with van der Waals surface area (Å²) in [5, 5.41) is 7.49. The van der Waals surface area contributed by atoms with Crippen LogP contribution in [-0.2, 0) is 7.05 Å². The summed E-state index contributed by atoms with van der Waals surface area (Å²) >= 11 is 0. The van der Waals surface area contributed by atoms with E-state index in [2.05, 4.69) is 32.2 Å². The lowest BCUT2D eigenvalue weighted by Gasteiger charge is -2.27. The molecule has 9 heteroatoms. The van der Waals surface area contributed by atoms with Crippen molar-refractivity contribution in [3.05, 3.63) is 78.8 Å². The largest absolute Gasteiger partial charge is 0.353 e. The zero-order chi connectivity index (χ0) is 21.1. The van der Waals surface area contributed by atoms with Crippen LogP contribution in [0.3, 0.4) is 0 Å².